The maximum atomic E-state index is 14.8. The average Bonchev–Trinajstić information content (AvgIpc) is 3.95. The fourth-order valence-corrected chi connectivity index (χ4v) is 9.70. The highest BCUT2D eigenvalue weighted by atomic mass is 32.2. The lowest BCUT2D eigenvalue weighted by Gasteiger charge is -2.47. The molecule has 2 aliphatic heterocycles. The zero-order chi connectivity index (χ0) is 42.0. The van der Waals surface area contributed by atoms with E-state index < -0.39 is 74.1 Å². The summed E-state index contributed by atoms with van der Waals surface area (Å²) in [6.45, 7) is 13.4. The lowest BCUT2D eigenvalue weighted by molar-refractivity contribution is -0.145. The SMILES string of the molecule is C=CC1CCC1(NC(=O)C1CC2CN1C(=O)C(C(C)(C)C)NC(=O)OC(CCC)C(C)CCCCCc1nc3ccc(OC)cc3nc1O2)C(=O)NS(=O)(=O)C1CC1. The molecule has 318 valence electrons. The summed E-state index contributed by atoms with van der Waals surface area (Å²) in [6.07, 6.45) is 6.86. The average molecular weight is 825 g/mol. The van der Waals surface area contributed by atoms with E-state index in [4.69, 9.17) is 24.2 Å². The van der Waals surface area contributed by atoms with Gasteiger partial charge in [-0.1, -0.05) is 60.0 Å². The molecule has 1 aromatic carbocycles. The van der Waals surface area contributed by atoms with Crippen LogP contribution >= 0.6 is 0 Å². The summed E-state index contributed by atoms with van der Waals surface area (Å²) in [5, 5.41) is 5.09. The molecule has 15 nitrogen and oxygen atoms in total. The molecule has 3 fully saturated rings. The Morgan fingerprint density at radius 2 is 1.84 bits per heavy atom. The van der Waals surface area contributed by atoms with Gasteiger partial charge in [-0.3, -0.25) is 19.1 Å². The van der Waals surface area contributed by atoms with Crippen molar-refractivity contribution in [2.24, 2.45) is 17.3 Å². The third-order valence-electron chi connectivity index (χ3n) is 12.2. The Morgan fingerprint density at radius 3 is 2.48 bits per heavy atom. The van der Waals surface area contributed by atoms with Crippen LogP contribution in [0.1, 0.15) is 111 Å². The van der Waals surface area contributed by atoms with Crippen molar-refractivity contribution in [1.29, 1.82) is 0 Å². The first-order valence-electron chi connectivity index (χ1n) is 20.8. The molecule has 0 spiro atoms. The minimum atomic E-state index is -3.93. The molecule has 7 atom stereocenters. The van der Waals surface area contributed by atoms with E-state index in [1.54, 1.807) is 19.3 Å². The highest BCUT2D eigenvalue weighted by molar-refractivity contribution is 7.91. The third kappa shape index (κ3) is 9.36. The van der Waals surface area contributed by atoms with Gasteiger partial charge in [0.2, 0.25) is 27.7 Å². The number of benzene rings is 1. The second-order valence-electron chi connectivity index (χ2n) is 17.6. The molecule has 4 aliphatic rings. The molecule has 16 heteroatoms. The molecule has 4 amide bonds. The van der Waals surface area contributed by atoms with Crippen LogP contribution in [0.15, 0.2) is 30.9 Å². The first-order valence-corrected chi connectivity index (χ1v) is 22.3. The van der Waals surface area contributed by atoms with Gasteiger partial charge in [-0.2, -0.15) is 0 Å². The summed E-state index contributed by atoms with van der Waals surface area (Å²) < 4.78 is 46.1. The summed E-state index contributed by atoms with van der Waals surface area (Å²) in [5.74, 6) is -1.60. The molecular weight excluding hydrogens is 765 g/mol. The van der Waals surface area contributed by atoms with Crippen molar-refractivity contribution < 1.29 is 41.8 Å². The Morgan fingerprint density at radius 1 is 1.09 bits per heavy atom. The second kappa shape index (κ2) is 17.4. The second-order valence-corrected chi connectivity index (χ2v) is 19.5. The molecule has 58 heavy (non-hydrogen) atoms. The number of methoxy groups -OCH3 is 1. The van der Waals surface area contributed by atoms with Gasteiger partial charge in [-0.25, -0.2) is 23.2 Å². The molecule has 2 aliphatic carbocycles. The fourth-order valence-electron chi connectivity index (χ4n) is 8.34. The van der Waals surface area contributed by atoms with Crippen molar-refractivity contribution in [2.45, 2.75) is 147 Å². The number of alkyl carbamates (subject to hydrolysis) is 1. The quantitative estimate of drug-likeness (QED) is 0.285. The number of cyclic esters (lactones) is 1. The van der Waals surface area contributed by atoms with Crippen molar-refractivity contribution in [1.82, 2.24) is 30.2 Å². The van der Waals surface area contributed by atoms with Crippen LogP contribution in [0.3, 0.4) is 0 Å². The summed E-state index contributed by atoms with van der Waals surface area (Å²) >= 11 is 0. The fraction of sp³-hybridized carbons (Fsp3) is 0.667. The molecule has 0 radical (unpaired) electrons. The molecule has 2 aromatic rings. The molecule has 7 unspecified atom stereocenters. The third-order valence-corrected chi connectivity index (χ3v) is 14.0. The van der Waals surface area contributed by atoms with Crippen LogP contribution in [0.5, 0.6) is 11.6 Å². The van der Waals surface area contributed by atoms with Gasteiger partial charge in [0.05, 0.1) is 29.9 Å². The molecule has 6 rings (SSSR count). The highest BCUT2D eigenvalue weighted by Crippen LogP contribution is 2.41. The van der Waals surface area contributed by atoms with Crippen LogP contribution in [0.2, 0.25) is 0 Å². The Hall–Kier alpha value is -4.47. The van der Waals surface area contributed by atoms with Crippen LogP contribution in [-0.2, 0) is 35.6 Å². The number of hydrogen-bond acceptors (Lipinski definition) is 11. The van der Waals surface area contributed by atoms with Gasteiger partial charge in [0, 0.05) is 18.4 Å². The van der Waals surface area contributed by atoms with Gasteiger partial charge in [0.15, 0.2) is 0 Å². The minimum Gasteiger partial charge on any atom is -0.497 e. The first-order chi connectivity index (χ1) is 27.5. The van der Waals surface area contributed by atoms with E-state index in [2.05, 4.69) is 28.9 Å². The van der Waals surface area contributed by atoms with Crippen molar-refractivity contribution >= 4 is 44.9 Å². The molecule has 3 N–H and O–H groups in total. The van der Waals surface area contributed by atoms with Gasteiger partial charge < -0.3 is 29.7 Å². The number of hydrogen-bond donors (Lipinski definition) is 3. The maximum absolute atomic E-state index is 14.8. The van der Waals surface area contributed by atoms with E-state index in [0.29, 0.717) is 54.6 Å². The topological polar surface area (TPSA) is 195 Å². The molecule has 2 saturated carbocycles. The number of amides is 4. The molecule has 1 saturated heterocycles. The molecular formula is C42H60N6O9S. The number of carbonyl (C=O) groups is 4. The maximum Gasteiger partial charge on any atom is 0.408 e. The van der Waals surface area contributed by atoms with Crippen LogP contribution in [0, 0.1) is 17.3 Å². The number of fused-ring (bicyclic) bond motifs is 4. The van der Waals surface area contributed by atoms with E-state index in [-0.39, 0.29) is 37.3 Å². The standard InChI is InChI=1S/C42H60N6O9S/c1-8-13-34-25(3)14-11-10-12-15-31-37(44-32-22-27(55-7)16-19-30(32)43-31)56-28-23-33(48(24-28)38(50)35(41(4,5)6)45-40(52)57-34)36(49)46-42(21-20-26(42)9-2)39(51)47-58(53,54)29-17-18-29/h9,16,19,22,25-26,28-29,33-35H,2,8,10-15,17-18,20-21,23-24H2,1,3-7H3,(H,45,52)(H,46,49)(H,47,51). The number of aryl methyl sites for hydroxylation is 1. The number of nitrogens with one attached hydrogen (secondary N) is 3. The van der Waals surface area contributed by atoms with Crippen LogP contribution in [0.4, 0.5) is 4.79 Å². The van der Waals surface area contributed by atoms with Gasteiger partial charge in [-0.15, -0.1) is 6.58 Å². The Labute approximate surface area is 341 Å². The van der Waals surface area contributed by atoms with E-state index >= 15 is 0 Å². The van der Waals surface area contributed by atoms with Crippen molar-refractivity contribution in [2.75, 3.05) is 13.7 Å². The Bertz CT molecular complexity index is 2000. The number of aromatic nitrogens is 2. The smallest absolute Gasteiger partial charge is 0.408 e. The zero-order valence-corrected chi connectivity index (χ0v) is 35.5. The predicted molar refractivity (Wildman–Crippen MR) is 217 cm³/mol. The lowest BCUT2D eigenvalue weighted by Crippen LogP contribution is -2.70. The Balaban J connectivity index is 1.37. The highest BCUT2D eigenvalue weighted by Gasteiger charge is 2.56. The van der Waals surface area contributed by atoms with Crippen molar-refractivity contribution in [3.8, 4) is 11.6 Å². The number of carbonyl (C=O) groups excluding carboxylic acids is 4. The Kier molecular flexibility index (Phi) is 12.9. The van der Waals surface area contributed by atoms with E-state index in [1.807, 2.05) is 39.8 Å². The first kappa shape index (κ1) is 43.1. The normalized spacial score (nSPS) is 28.7. The van der Waals surface area contributed by atoms with E-state index in [0.717, 1.165) is 32.1 Å². The largest absolute Gasteiger partial charge is 0.497 e. The number of nitrogens with zero attached hydrogens (tertiary/aromatic N) is 3. The van der Waals surface area contributed by atoms with Crippen LogP contribution in [0.25, 0.3) is 11.0 Å². The summed E-state index contributed by atoms with van der Waals surface area (Å²) in [4.78, 5) is 68.1. The lowest BCUT2D eigenvalue weighted by atomic mass is 9.66. The van der Waals surface area contributed by atoms with Gasteiger partial charge in [0.25, 0.3) is 5.91 Å². The number of ether oxygens (including phenoxy) is 3. The minimum absolute atomic E-state index is 0.0169. The van der Waals surface area contributed by atoms with Crippen LogP contribution in [-0.4, -0.2) is 95.8 Å². The molecule has 1 aromatic heterocycles. The zero-order valence-electron chi connectivity index (χ0n) is 34.7. The van der Waals surface area contributed by atoms with Gasteiger partial charge >= 0.3 is 6.09 Å². The van der Waals surface area contributed by atoms with Crippen molar-refractivity contribution in [3.05, 3.63) is 36.5 Å². The van der Waals surface area contributed by atoms with Crippen molar-refractivity contribution in [3.63, 3.8) is 0 Å². The number of rotatable bonds is 9. The van der Waals surface area contributed by atoms with Gasteiger partial charge in [-0.05, 0) is 74.8 Å². The molecule has 2 bridgehead atoms. The van der Waals surface area contributed by atoms with Crippen LogP contribution < -0.4 is 24.8 Å². The van der Waals surface area contributed by atoms with E-state index in [1.165, 1.54) is 4.90 Å². The summed E-state index contributed by atoms with van der Waals surface area (Å²) in [5.41, 5.74) is -0.527. The predicted octanol–water partition coefficient (Wildman–Crippen LogP) is 5.11. The summed E-state index contributed by atoms with van der Waals surface area (Å²) in [7, 11) is -2.36. The molecule has 3 heterocycles. The summed E-state index contributed by atoms with van der Waals surface area (Å²) in [6, 6.07) is 3.16. The van der Waals surface area contributed by atoms with Gasteiger partial charge in [0.1, 0.15) is 41.3 Å². The number of sulfonamides is 1. The monoisotopic (exact) mass is 824 g/mol. The van der Waals surface area contributed by atoms with E-state index in [9.17, 15) is 27.6 Å².